The Balaban J connectivity index is 2.18. The number of hydrogen-bond donors (Lipinski definition) is 1. The number of carbonyl (C=O) groups excluding carboxylic acids is 1. The van der Waals surface area contributed by atoms with Crippen LogP contribution in [0.3, 0.4) is 0 Å². The Kier molecular flexibility index (Phi) is 4.81. The second-order valence-electron chi connectivity index (χ2n) is 3.81. The lowest BCUT2D eigenvalue weighted by atomic mass is 10.3. The molecule has 5 nitrogen and oxygen atoms in total. The van der Waals surface area contributed by atoms with Crippen molar-refractivity contribution < 1.29 is 9.53 Å². The largest absolute Gasteiger partial charge is 0.491 e. The van der Waals surface area contributed by atoms with E-state index in [0.29, 0.717) is 10.8 Å². The van der Waals surface area contributed by atoms with Gasteiger partial charge in [0.1, 0.15) is 11.4 Å². The van der Waals surface area contributed by atoms with E-state index in [1.54, 1.807) is 0 Å². The van der Waals surface area contributed by atoms with E-state index in [-0.39, 0.29) is 11.1 Å². The number of halogens is 1. The Labute approximate surface area is 125 Å². The molecule has 0 fully saturated rings. The van der Waals surface area contributed by atoms with E-state index >= 15 is 0 Å². The van der Waals surface area contributed by atoms with Crippen molar-refractivity contribution in [1.29, 1.82) is 0 Å². The third-order valence-corrected chi connectivity index (χ3v) is 3.58. The zero-order valence-corrected chi connectivity index (χ0v) is 12.5. The SMILES string of the molecule is COc1c(Cl)ncnc1Sc1ccc(NC(C)=O)cc1. The lowest BCUT2D eigenvalue weighted by molar-refractivity contribution is -0.114. The Bertz CT molecular complexity index is 620. The highest BCUT2D eigenvalue weighted by molar-refractivity contribution is 7.99. The molecule has 0 aliphatic carbocycles. The highest BCUT2D eigenvalue weighted by Gasteiger charge is 2.11. The molecule has 0 saturated carbocycles. The lowest BCUT2D eigenvalue weighted by Crippen LogP contribution is -2.05. The molecule has 104 valence electrons. The zero-order valence-electron chi connectivity index (χ0n) is 10.9. The third kappa shape index (κ3) is 3.61. The second-order valence-corrected chi connectivity index (χ2v) is 5.23. The predicted octanol–water partition coefficient (Wildman–Crippen LogP) is 3.25. The molecule has 0 spiro atoms. The highest BCUT2D eigenvalue weighted by atomic mass is 35.5. The molecule has 0 aliphatic heterocycles. The number of carbonyl (C=O) groups is 1. The number of ether oxygens (including phenoxy) is 1. The highest BCUT2D eigenvalue weighted by Crippen LogP contribution is 2.36. The van der Waals surface area contributed by atoms with E-state index < -0.39 is 0 Å². The van der Waals surface area contributed by atoms with Gasteiger partial charge in [-0.1, -0.05) is 23.4 Å². The van der Waals surface area contributed by atoms with E-state index in [4.69, 9.17) is 16.3 Å². The van der Waals surface area contributed by atoms with Crippen molar-refractivity contribution in [3.05, 3.63) is 35.7 Å². The van der Waals surface area contributed by atoms with E-state index in [1.165, 1.54) is 32.1 Å². The van der Waals surface area contributed by atoms with Gasteiger partial charge in [-0.25, -0.2) is 9.97 Å². The molecule has 0 radical (unpaired) electrons. The van der Waals surface area contributed by atoms with Crippen LogP contribution in [-0.2, 0) is 4.79 Å². The number of rotatable bonds is 4. The number of methoxy groups -OCH3 is 1. The first-order valence-corrected chi connectivity index (χ1v) is 6.89. The molecular weight excluding hydrogens is 298 g/mol. The van der Waals surface area contributed by atoms with Crippen LogP contribution in [0.5, 0.6) is 5.75 Å². The molecule has 2 rings (SSSR count). The molecular formula is C13H12ClN3O2S. The summed E-state index contributed by atoms with van der Waals surface area (Å²) in [4.78, 5) is 19.9. The summed E-state index contributed by atoms with van der Waals surface area (Å²) in [6, 6.07) is 7.40. The van der Waals surface area contributed by atoms with Gasteiger partial charge in [-0.3, -0.25) is 4.79 Å². The van der Waals surface area contributed by atoms with Crippen LogP contribution < -0.4 is 10.1 Å². The Morgan fingerprint density at radius 2 is 2.00 bits per heavy atom. The van der Waals surface area contributed by atoms with Gasteiger partial charge < -0.3 is 10.1 Å². The van der Waals surface area contributed by atoms with E-state index in [0.717, 1.165) is 10.6 Å². The monoisotopic (exact) mass is 309 g/mol. The molecule has 1 aromatic carbocycles. The van der Waals surface area contributed by atoms with Gasteiger partial charge in [0.25, 0.3) is 0 Å². The fourth-order valence-electron chi connectivity index (χ4n) is 1.50. The number of hydrogen-bond acceptors (Lipinski definition) is 5. The maximum absolute atomic E-state index is 10.9. The summed E-state index contributed by atoms with van der Waals surface area (Å²) in [5.41, 5.74) is 0.745. The fraction of sp³-hybridized carbons (Fsp3) is 0.154. The standard InChI is InChI=1S/C13H12ClN3O2S/c1-8(18)17-9-3-5-10(6-4-9)20-13-11(19-2)12(14)15-7-16-13/h3-7H,1-2H3,(H,17,18). The molecule has 1 N–H and O–H groups in total. The molecule has 1 heterocycles. The van der Waals surface area contributed by atoms with Crippen molar-refractivity contribution in [2.75, 3.05) is 12.4 Å². The number of anilines is 1. The summed E-state index contributed by atoms with van der Waals surface area (Å²) in [7, 11) is 1.52. The average molecular weight is 310 g/mol. The second kappa shape index (κ2) is 6.58. The third-order valence-electron chi connectivity index (χ3n) is 2.32. The van der Waals surface area contributed by atoms with Gasteiger partial charge in [0, 0.05) is 17.5 Å². The van der Waals surface area contributed by atoms with Gasteiger partial charge in [-0.05, 0) is 24.3 Å². The first-order valence-electron chi connectivity index (χ1n) is 5.70. The number of benzene rings is 1. The molecule has 0 atom stereocenters. The zero-order chi connectivity index (χ0) is 14.5. The molecule has 0 unspecified atom stereocenters. The number of amides is 1. The molecule has 0 saturated heterocycles. The quantitative estimate of drug-likeness (QED) is 0.878. The van der Waals surface area contributed by atoms with Gasteiger partial charge in [0.2, 0.25) is 5.91 Å². The van der Waals surface area contributed by atoms with Crippen molar-refractivity contribution in [3.63, 3.8) is 0 Å². The molecule has 0 aliphatic rings. The van der Waals surface area contributed by atoms with E-state index in [2.05, 4.69) is 15.3 Å². The first kappa shape index (κ1) is 14.6. The van der Waals surface area contributed by atoms with Crippen LogP contribution >= 0.6 is 23.4 Å². The topological polar surface area (TPSA) is 64.1 Å². The van der Waals surface area contributed by atoms with Crippen molar-refractivity contribution in [2.24, 2.45) is 0 Å². The summed E-state index contributed by atoms with van der Waals surface area (Å²) in [5.74, 6) is 0.347. The molecule has 1 amide bonds. The number of aromatic nitrogens is 2. The number of nitrogens with one attached hydrogen (secondary N) is 1. The lowest BCUT2D eigenvalue weighted by Gasteiger charge is -2.08. The minimum absolute atomic E-state index is 0.102. The maximum atomic E-state index is 10.9. The van der Waals surface area contributed by atoms with Crippen molar-refractivity contribution >= 4 is 35.0 Å². The smallest absolute Gasteiger partial charge is 0.221 e. The minimum Gasteiger partial charge on any atom is -0.491 e. The van der Waals surface area contributed by atoms with Crippen LogP contribution in [0.25, 0.3) is 0 Å². The van der Waals surface area contributed by atoms with E-state index in [9.17, 15) is 4.79 Å². The van der Waals surface area contributed by atoms with Gasteiger partial charge in [-0.15, -0.1) is 0 Å². The molecule has 1 aromatic heterocycles. The fourth-order valence-corrected chi connectivity index (χ4v) is 2.64. The summed E-state index contributed by atoms with van der Waals surface area (Å²) in [6.45, 7) is 1.47. The number of nitrogens with zero attached hydrogens (tertiary/aromatic N) is 2. The van der Waals surface area contributed by atoms with Crippen LogP contribution in [0.4, 0.5) is 5.69 Å². The van der Waals surface area contributed by atoms with Gasteiger partial charge in [-0.2, -0.15) is 0 Å². The normalized spacial score (nSPS) is 10.2. The molecule has 20 heavy (non-hydrogen) atoms. The summed E-state index contributed by atoms with van der Waals surface area (Å²) in [6.07, 6.45) is 1.39. The molecule has 0 bridgehead atoms. The Hall–Kier alpha value is -1.79. The predicted molar refractivity (Wildman–Crippen MR) is 78.5 cm³/mol. The van der Waals surface area contributed by atoms with Crippen LogP contribution in [0, 0.1) is 0 Å². The van der Waals surface area contributed by atoms with Gasteiger partial charge in [0.15, 0.2) is 10.9 Å². The first-order chi connectivity index (χ1) is 9.60. The molecule has 2 aromatic rings. The van der Waals surface area contributed by atoms with Crippen LogP contribution in [0.2, 0.25) is 5.15 Å². The van der Waals surface area contributed by atoms with E-state index in [1.807, 2.05) is 24.3 Å². The summed E-state index contributed by atoms with van der Waals surface area (Å²) < 4.78 is 5.19. The van der Waals surface area contributed by atoms with Crippen molar-refractivity contribution in [3.8, 4) is 5.75 Å². The molecule has 7 heteroatoms. The average Bonchev–Trinajstić information content (AvgIpc) is 2.41. The maximum Gasteiger partial charge on any atom is 0.221 e. The van der Waals surface area contributed by atoms with Crippen molar-refractivity contribution in [1.82, 2.24) is 9.97 Å². The van der Waals surface area contributed by atoms with Gasteiger partial charge in [0.05, 0.1) is 7.11 Å². The van der Waals surface area contributed by atoms with Gasteiger partial charge >= 0.3 is 0 Å². The summed E-state index contributed by atoms with van der Waals surface area (Å²) in [5, 5.41) is 3.62. The van der Waals surface area contributed by atoms with Crippen LogP contribution in [-0.4, -0.2) is 23.0 Å². The Morgan fingerprint density at radius 1 is 1.30 bits per heavy atom. The minimum atomic E-state index is -0.102. The van der Waals surface area contributed by atoms with Crippen molar-refractivity contribution in [2.45, 2.75) is 16.8 Å². The van der Waals surface area contributed by atoms with Crippen LogP contribution in [0.1, 0.15) is 6.92 Å². The Morgan fingerprint density at radius 3 is 2.60 bits per heavy atom. The van der Waals surface area contributed by atoms with Crippen LogP contribution in [0.15, 0.2) is 40.5 Å². The summed E-state index contributed by atoms with van der Waals surface area (Å²) >= 11 is 7.35.